The van der Waals surface area contributed by atoms with Crippen LogP contribution in [-0.4, -0.2) is 78.0 Å². The van der Waals surface area contributed by atoms with Gasteiger partial charge in [-0.05, 0) is 101 Å². The maximum Gasteiger partial charge on any atom is 1.00 e. The van der Waals surface area contributed by atoms with Gasteiger partial charge in [0, 0.05) is 10.8 Å². The van der Waals surface area contributed by atoms with Crippen LogP contribution in [0, 0.1) is 0 Å². The first-order valence-electron chi connectivity index (χ1n) is 19.4. The van der Waals surface area contributed by atoms with Crippen molar-refractivity contribution in [1.29, 1.82) is 0 Å². The molecule has 77 heavy (non-hydrogen) atoms. The van der Waals surface area contributed by atoms with Gasteiger partial charge in [0.05, 0.1) is 56.6 Å². The van der Waals surface area contributed by atoms with E-state index >= 15 is 0 Å². The Hall–Kier alpha value is -3.36. The third kappa shape index (κ3) is 16.4. The number of rotatable bonds is 14. The molecule has 0 unspecified atom stereocenters. The van der Waals surface area contributed by atoms with Crippen LogP contribution in [0.3, 0.4) is 0 Å². The molecule has 372 valence electrons. The molecule has 0 fully saturated rings. The summed E-state index contributed by atoms with van der Waals surface area (Å²) >= 11 is 0. The summed E-state index contributed by atoms with van der Waals surface area (Å²) in [5.74, 6) is -6.29. The second-order valence-corrected chi connectivity index (χ2v) is 20.1. The number of benzene rings is 7. The van der Waals surface area contributed by atoms with E-state index in [1.54, 1.807) is 6.07 Å². The van der Waals surface area contributed by atoms with E-state index in [0.29, 0.717) is 23.3 Å². The number of carboxylic acids is 1. The van der Waals surface area contributed by atoms with Gasteiger partial charge < -0.3 is 44.0 Å². The molecule has 0 saturated carbocycles. The Labute approximate surface area is 547 Å². The van der Waals surface area contributed by atoms with Crippen LogP contribution in [0.1, 0.15) is 0 Å². The van der Waals surface area contributed by atoms with E-state index in [0.717, 1.165) is 42.5 Å². The van der Waals surface area contributed by atoms with Crippen LogP contribution in [0.15, 0.2) is 153 Å². The predicted molar refractivity (Wildman–Crippen MR) is 240 cm³/mol. The smallest absolute Gasteiger partial charge is 0.870 e. The fourth-order valence-corrected chi connectivity index (χ4v) is 8.91. The number of nitrogens with zero attached hydrogens (tertiary/aromatic N) is 6. The molecule has 0 heterocycles. The maximum absolute atomic E-state index is 13.2. The molecule has 1 amide bonds. The van der Waals surface area contributed by atoms with Crippen LogP contribution in [0.2, 0.25) is 0 Å². The number of carbonyl (C=O) groups is 2. The summed E-state index contributed by atoms with van der Waals surface area (Å²) in [4.78, 5) is 19.7. The molecular weight excluding hydrogens is 1150 g/mol. The number of nitrogens with one attached hydrogen (secondary N) is 1. The Morgan fingerprint density at radius 2 is 0.896 bits per heavy atom. The minimum atomic E-state index is -5.23. The zero-order chi connectivity index (χ0) is 52.7. The minimum Gasteiger partial charge on any atom is -0.870 e. The minimum absolute atomic E-state index is 0. The van der Waals surface area contributed by atoms with Gasteiger partial charge >= 0.3 is 148 Å². The van der Waals surface area contributed by atoms with Gasteiger partial charge in [-0.2, -0.15) is 32.2 Å². The number of ether oxygens (including phenoxy) is 2. The molecular formula is C42H26N7Na5O19S4. The normalized spacial score (nSPS) is 11.8. The van der Waals surface area contributed by atoms with Crippen LogP contribution in [-0.2, 0) is 50.1 Å². The van der Waals surface area contributed by atoms with Crippen molar-refractivity contribution in [2.45, 2.75) is 19.6 Å². The molecule has 0 atom stereocenters. The number of carbonyl (C=O) groups excluding carboxylic acids is 2. The summed E-state index contributed by atoms with van der Waals surface area (Å²) in [7, 11) is -17.9. The first-order valence-corrected chi connectivity index (χ1v) is 25.1. The number of methoxy groups -OCH3 is 2. The second kappa shape index (κ2) is 27.9. The summed E-state index contributed by atoms with van der Waals surface area (Å²) in [6.07, 6.45) is 0. The van der Waals surface area contributed by atoms with E-state index < -0.39 is 94.8 Å². The molecule has 0 bridgehead atoms. The van der Waals surface area contributed by atoms with Crippen molar-refractivity contribution in [2.24, 2.45) is 30.7 Å². The van der Waals surface area contributed by atoms with E-state index in [9.17, 15) is 76.8 Å². The molecule has 35 heteroatoms. The fourth-order valence-electron chi connectivity index (χ4n) is 6.68. The van der Waals surface area contributed by atoms with Gasteiger partial charge in [-0.25, -0.2) is 16.8 Å². The average Bonchev–Trinajstić information content (AvgIpc) is 3.31. The van der Waals surface area contributed by atoms with Gasteiger partial charge in [-0.1, -0.05) is 35.8 Å². The van der Waals surface area contributed by atoms with E-state index in [-0.39, 0.29) is 209 Å². The molecule has 0 saturated heterocycles. The van der Waals surface area contributed by atoms with Gasteiger partial charge in [0.1, 0.15) is 54.8 Å². The van der Waals surface area contributed by atoms with Crippen molar-refractivity contribution in [3.8, 4) is 34.1 Å². The molecule has 7 aromatic carbocycles. The van der Waals surface area contributed by atoms with Crippen molar-refractivity contribution in [3.63, 3.8) is 0 Å². The van der Waals surface area contributed by atoms with Crippen molar-refractivity contribution >= 4 is 114 Å². The average molecular weight is 1180 g/mol. The van der Waals surface area contributed by atoms with E-state index in [1.165, 1.54) is 56.7 Å². The van der Waals surface area contributed by atoms with E-state index in [4.69, 9.17) is 9.47 Å². The third-order valence-electron chi connectivity index (χ3n) is 10.0. The molecule has 3 N–H and O–H groups in total. The Bertz CT molecular complexity index is 4040. The third-order valence-corrected chi connectivity index (χ3v) is 13.4. The van der Waals surface area contributed by atoms with E-state index in [2.05, 4.69) is 30.7 Å². The van der Waals surface area contributed by atoms with Crippen LogP contribution in [0.4, 0.5) is 39.8 Å². The monoisotopic (exact) mass is 1170 g/mol. The number of anilines is 1. The summed E-state index contributed by atoms with van der Waals surface area (Å²) in [6, 6.07) is 19.0. The van der Waals surface area contributed by atoms with E-state index in [1.807, 2.05) is 5.32 Å². The number of hydrogen-bond acceptors (Lipinski definition) is 23. The molecule has 7 aromatic rings. The van der Waals surface area contributed by atoms with Crippen LogP contribution >= 0.6 is 0 Å². The van der Waals surface area contributed by atoms with Crippen molar-refractivity contribution in [3.05, 3.63) is 103 Å². The molecule has 0 aliphatic heterocycles. The first kappa shape index (κ1) is 69.7. The number of aliphatic carboxylic acids is 1. The molecule has 0 aliphatic carbocycles. The quantitative estimate of drug-likeness (QED) is 0.0394. The van der Waals surface area contributed by atoms with Crippen LogP contribution < -0.4 is 178 Å². The summed E-state index contributed by atoms with van der Waals surface area (Å²) in [5.41, 5.74) is -1.09. The molecule has 0 aromatic heterocycles. The molecule has 0 spiro atoms. The summed E-state index contributed by atoms with van der Waals surface area (Å²) < 4.78 is 148. The largest absolute Gasteiger partial charge is 1.00 e. The van der Waals surface area contributed by atoms with Crippen LogP contribution in [0.25, 0.3) is 32.7 Å². The van der Waals surface area contributed by atoms with Gasteiger partial charge in [0.2, 0.25) is 0 Å². The van der Waals surface area contributed by atoms with Gasteiger partial charge in [0.25, 0.3) is 26.1 Å². The molecule has 26 nitrogen and oxygen atoms in total. The summed E-state index contributed by atoms with van der Waals surface area (Å²) in [5, 5.41) is 62.8. The predicted octanol–water partition coefficient (Wildman–Crippen LogP) is -9.92. The SMILES string of the molecule is COc1cc(-c2ccc(N=Nc3c([O-])c(S(=O)(=O)O)cc4cc(S(=O)(=O)[O-])ccc34)c(OC)c2)ccc1N=Nc1ccc(N=Nc2c([O-])c(S(=O)(=O)O)cc3cc(S(=O)(=O)[O-])ccc23)cc1NC(=O)C(=O)[O-].[Na+].[Na+].[Na+].[Na+].[Na+]. The van der Waals surface area contributed by atoms with Crippen molar-refractivity contribution < 1.29 is 234 Å². The zero-order valence-corrected chi connectivity index (χ0v) is 54.2. The van der Waals surface area contributed by atoms with Gasteiger partial charge in [0.15, 0.2) is 0 Å². The maximum atomic E-state index is 13.2. The Balaban J connectivity index is 0.00000406. The zero-order valence-electron chi connectivity index (χ0n) is 41.0. The topological polar surface area (TPSA) is 431 Å². The number of carboxylic acid groups (broad SMARTS) is 1. The molecule has 0 radical (unpaired) electrons. The second-order valence-electron chi connectivity index (χ2n) is 14.5. The van der Waals surface area contributed by atoms with Crippen molar-refractivity contribution in [2.75, 3.05) is 19.5 Å². The van der Waals surface area contributed by atoms with Crippen LogP contribution in [0.5, 0.6) is 23.0 Å². The molecule has 7 rings (SSSR count). The number of fused-ring (bicyclic) bond motifs is 2. The Kier molecular flexibility index (Phi) is 25.3. The number of hydrogen-bond donors (Lipinski definition) is 3. The number of azo groups is 3. The van der Waals surface area contributed by atoms with Crippen molar-refractivity contribution in [1.82, 2.24) is 0 Å². The standard InChI is InChI=1S/C42H31N7O19S4.5Na/c1-67-33-15-20(21-4-11-31(34(16-21)68-2)47-49-38-28-9-7-26(70(58,59)60)14-23(28)18-36(40(38)51)72(64,65)66)3-10-30(33)46-45-29-12-5-24(19-32(29)43-41(52)42(53)54)44-48-37-27-8-6-25(69(55,56)57)13-22(27)17-35(39(37)50)71(61,62)63;;;;;/h3-19,50-51H,1-2H3,(H,43,52)(H,53,54)(H,55,56,57)(H,58,59,60)(H,61,62,63)(H,64,65,66);;;;;/q;5*+1/p-5. The Morgan fingerprint density at radius 3 is 1.29 bits per heavy atom. The summed E-state index contributed by atoms with van der Waals surface area (Å²) in [6.45, 7) is 0. The number of amides is 1. The fraction of sp³-hybridized carbons (Fsp3) is 0.0476. The first-order chi connectivity index (χ1) is 33.7. The van der Waals surface area contributed by atoms with Gasteiger partial charge in [-0.15, -0.1) is 15.3 Å². The Morgan fingerprint density at radius 1 is 0.506 bits per heavy atom. The van der Waals surface area contributed by atoms with Gasteiger partial charge in [-0.3, -0.25) is 13.9 Å². The molecule has 0 aliphatic rings.